The zero-order chi connectivity index (χ0) is 21.3. The van der Waals surface area contributed by atoms with Gasteiger partial charge in [-0.15, -0.1) is 15.6 Å². The Hall–Kier alpha value is -0.240. The number of allylic oxidation sites excluding steroid dienone is 1. The first-order valence-electron chi connectivity index (χ1n) is 12.6. The van der Waals surface area contributed by atoms with E-state index in [9.17, 15) is 4.57 Å². The molecular formula is C25H50O3P+. The molecule has 0 bridgehead atoms. The van der Waals surface area contributed by atoms with E-state index in [1.54, 1.807) is 0 Å². The Morgan fingerprint density at radius 1 is 0.586 bits per heavy atom. The van der Waals surface area contributed by atoms with Crippen molar-refractivity contribution in [1.82, 2.24) is 0 Å². The van der Waals surface area contributed by atoms with Gasteiger partial charge in [-0.2, -0.15) is 0 Å². The van der Waals surface area contributed by atoms with Gasteiger partial charge in [-0.25, -0.2) is 0 Å². The van der Waals surface area contributed by atoms with Crippen LogP contribution >= 0.6 is 8.25 Å². The Labute approximate surface area is 183 Å². The van der Waals surface area contributed by atoms with Crippen molar-refractivity contribution in [2.24, 2.45) is 0 Å². The zero-order valence-corrected chi connectivity index (χ0v) is 20.4. The van der Waals surface area contributed by atoms with Gasteiger partial charge in [-0.05, 0) is 25.7 Å². The second kappa shape index (κ2) is 25.8. The molecule has 0 rings (SSSR count). The lowest BCUT2D eigenvalue weighted by Gasteiger charge is -2.02. The molecule has 0 aliphatic heterocycles. The third-order valence-electron chi connectivity index (χ3n) is 5.44. The third kappa shape index (κ3) is 25.7. The molecule has 0 aliphatic rings. The standard InChI is InChI=1S/C25H50O3P/c1-3-5-7-9-11-13-14-15-17-19-21-23-25-28-29(26)27-24-22-20-18-16-12-10-8-6-4-2/h4H,2-3,5-25H2,1H3/q+1. The Balaban J connectivity index is 3.14. The quantitative estimate of drug-likeness (QED) is 0.0823. The smallest absolute Gasteiger partial charge is 0.119 e. The summed E-state index contributed by atoms with van der Waals surface area (Å²) in [6, 6.07) is 0. The molecular weight excluding hydrogens is 379 g/mol. The molecule has 1 atom stereocenters. The highest BCUT2D eigenvalue weighted by atomic mass is 31.1. The van der Waals surface area contributed by atoms with Gasteiger partial charge in [-0.1, -0.05) is 116 Å². The topological polar surface area (TPSA) is 35.5 Å². The summed E-state index contributed by atoms with van der Waals surface area (Å²) in [5.41, 5.74) is 0. The summed E-state index contributed by atoms with van der Waals surface area (Å²) in [6.07, 6.45) is 27.6. The largest absolute Gasteiger partial charge is 0.697 e. The second-order valence-corrected chi connectivity index (χ2v) is 9.29. The third-order valence-corrected chi connectivity index (χ3v) is 6.23. The number of hydrogen-bond acceptors (Lipinski definition) is 3. The van der Waals surface area contributed by atoms with Crippen LogP contribution in [0.25, 0.3) is 0 Å². The maximum Gasteiger partial charge on any atom is 0.697 e. The molecule has 0 spiro atoms. The Kier molecular flexibility index (Phi) is 25.6. The van der Waals surface area contributed by atoms with E-state index >= 15 is 0 Å². The Morgan fingerprint density at radius 2 is 0.931 bits per heavy atom. The molecule has 0 heterocycles. The minimum Gasteiger partial charge on any atom is -0.119 e. The van der Waals surface area contributed by atoms with Crippen molar-refractivity contribution in [2.75, 3.05) is 13.2 Å². The molecule has 0 fully saturated rings. The molecule has 4 heteroatoms. The summed E-state index contributed by atoms with van der Waals surface area (Å²) in [5, 5.41) is 0. The van der Waals surface area contributed by atoms with Crippen molar-refractivity contribution in [3.8, 4) is 0 Å². The van der Waals surface area contributed by atoms with E-state index in [2.05, 4.69) is 13.5 Å². The summed E-state index contributed by atoms with van der Waals surface area (Å²) < 4.78 is 22.3. The van der Waals surface area contributed by atoms with Crippen LogP contribution in [-0.4, -0.2) is 13.2 Å². The molecule has 172 valence electrons. The van der Waals surface area contributed by atoms with Crippen LogP contribution in [0.15, 0.2) is 12.7 Å². The van der Waals surface area contributed by atoms with Crippen LogP contribution in [0, 0.1) is 0 Å². The molecule has 3 nitrogen and oxygen atoms in total. The zero-order valence-electron chi connectivity index (χ0n) is 19.5. The first-order chi connectivity index (χ1) is 14.3. The monoisotopic (exact) mass is 429 g/mol. The van der Waals surface area contributed by atoms with E-state index in [1.807, 2.05) is 6.08 Å². The average Bonchev–Trinajstić information content (AvgIpc) is 2.72. The van der Waals surface area contributed by atoms with Crippen molar-refractivity contribution < 1.29 is 13.6 Å². The molecule has 0 saturated heterocycles. The maximum absolute atomic E-state index is 11.7. The van der Waals surface area contributed by atoms with Gasteiger partial charge in [0.1, 0.15) is 13.2 Å². The highest BCUT2D eigenvalue weighted by Crippen LogP contribution is 2.25. The van der Waals surface area contributed by atoms with Gasteiger partial charge >= 0.3 is 8.25 Å². The van der Waals surface area contributed by atoms with Crippen LogP contribution in [-0.2, 0) is 13.6 Å². The second-order valence-electron chi connectivity index (χ2n) is 8.33. The summed E-state index contributed by atoms with van der Waals surface area (Å²) >= 11 is 0. The first kappa shape index (κ1) is 28.8. The predicted molar refractivity (Wildman–Crippen MR) is 128 cm³/mol. The van der Waals surface area contributed by atoms with Crippen LogP contribution in [0.3, 0.4) is 0 Å². The number of rotatable bonds is 25. The molecule has 0 radical (unpaired) electrons. The van der Waals surface area contributed by atoms with Crippen molar-refractivity contribution in [3.05, 3.63) is 12.7 Å². The van der Waals surface area contributed by atoms with Gasteiger partial charge in [0.25, 0.3) is 0 Å². The van der Waals surface area contributed by atoms with Gasteiger partial charge in [0.05, 0.1) is 0 Å². The Bertz CT molecular complexity index is 347. The molecule has 0 aromatic heterocycles. The van der Waals surface area contributed by atoms with E-state index in [4.69, 9.17) is 9.05 Å². The number of hydrogen-bond donors (Lipinski definition) is 0. The molecule has 0 saturated carbocycles. The SMILES string of the molecule is C=CCCCCCCCCCO[P+](=O)OCCCCCCCCCCCCCC. The lowest BCUT2D eigenvalue weighted by atomic mass is 10.1. The predicted octanol–water partition coefficient (Wildman–Crippen LogP) is 9.68. The fourth-order valence-electron chi connectivity index (χ4n) is 3.53. The first-order valence-corrected chi connectivity index (χ1v) is 13.7. The van der Waals surface area contributed by atoms with E-state index in [-0.39, 0.29) is 0 Å². The van der Waals surface area contributed by atoms with Crippen molar-refractivity contribution in [1.29, 1.82) is 0 Å². The van der Waals surface area contributed by atoms with Gasteiger partial charge in [0.2, 0.25) is 0 Å². The minimum atomic E-state index is -1.91. The fourth-order valence-corrected chi connectivity index (χ4v) is 4.16. The van der Waals surface area contributed by atoms with Gasteiger partial charge in [0.15, 0.2) is 0 Å². The summed E-state index contributed by atoms with van der Waals surface area (Å²) in [7, 11) is -1.91. The van der Waals surface area contributed by atoms with Crippen molar-refractivity contribution >= 4 is 8.25 Å². The minimum absolute atomic E-state index is 0.560. The van der Waals surface area contributed by atoms with Crippen LogP contribution in [0.4, 0.5) is 0 Å². The van der Waals surface area contributed by atoms with E-state index in [0.717, 1.165) is 25.7 Å². The molecule has 1 unspecified atom stereocenters. The summed E-state index contributed by atoms with van der Waals surface area (Å²) in [4.78, 5) is 0. The lowest BCUT2D eigenvalue weighted by molar-refractivity contribution is 0.218. The summed E-state index contributed by atoms with van der Waals surface area (Å²) in [6.45, 7) is 7.14. The molecule has 0 N–H and O–H groups in total. The fraction of sp³-hybridized carbons (Fsp3) is 0.920. The lowest BCUT2D eigenvalue weighted by Crippen LogP contribution is -1.92. The summed E-state index contributed by atoms with van der Waals surface area (Å²) in [5.74, 6) is 0. The van der Waals surface area contributed by atoms with Crippen LogP contribution < -0.4 is 0 Å². The van der Waals surface area contributed by atoms with Crippen LogP contribution in [0.2, 0.25) is 0 Å². The van der Waals surface area contributed by atoms with Gasteiger partial charge in [-0.3, -0.25) is 0 Å². The average molecular weight is 430 g/mol. The molecule has 0 aromatic carbocycles. The molecule has 0 amide bonds. The van der Waals surface area contributed by atoms with Gasteiger partial charge in [0, 0.05) is 4.57 Å². The van der Waals surface area contributed by atoms with Gasteiger partial charge < -0.3 is 0 Å². The number of unbranched alkanes of at least 4 members (excludes halogenated alkanes) is 18. The highest BCUT2D eigenvalue weighted by molar-refractivity contribution is 7.33. The van der Waals surface area contributed by atoms with Crippen LogP contribution in [0.1, 0.15) is 135 Å². The maximum atomic E-state index is 11.7. The highest BCUT2D eigenvalue weighted by Gasteiger charge is 2.18. The molecule has 0 aromatic rings. The normalized spacial score (nSPS) is 11.7. The Morgan fingerprint density at radius 3 is 1.31 bits per heavy atom. The van der Waals surface area contributed by atoms with E-state index < -0.39 is 8.25 Å². The van der Waals surface area contributed by atoms with Crippen LogP contribution in [0.5, 0.6) is 0 Å². The molecule has 0 aliphatic carbocycles. The van der Waals surface area contributed by atoms with Crippen molar-refractivity contribution in [2.45, 2.75) is 135 Å². The van der Waals surface area contributed by atoms with Crippen molar-refractivity contribution in [3.63, 3.8) is 0 Å². The molecule has 29 heavy (non-hydrogen) atoms. The van der Waals surface area contributed by atoms with E-state index in [1.165, 1.54) is 103 Å². The van der Waals surface area contributed by atoms with E-state index in [0.29, 0.717) is 13.2 Å².